The summed E-state index contributed by atoms with van der Waals surface area (Å²) in [5, 5.41) is 11.4. The molecule has 0 saturated carbocycles. The van der Waals surface area contributed by atoms with Crippen LogP contribution >= 0.6 is 0 Å². The standard InChI is InChI=1S/C19H20N4O3/c1-2-11-23-18(20-21-22-23)14-26-19(24)16-9-6-10-17(12-16)25-13-15-7-4-3-5-8-15/h3-10,12H,2,11,13-14H2,1H3. The normalized spacial score (nSPS) is 10.5. The Labute approximate surface area is 151 Å². The molecule has 7 nitrogen and oxygen atoms in total. The number of aryl methyl sites for hydroxylation is 1. The van der Waals surface area contributed by atoms with E-state index in [9.17, 15) is 4.79 Å². The molecule has 3 rings (SSSR count). The molecule has 0 bridgehead atoms. The highest BCUT2D eigenvalue weighted by Crippen LogP contribution is 2.16. The second-order valence-electron chi connectivity index (χ2n) is 5.70. The maximum absolute atomic E-state index is 12.3. The van der Waals surface area contributed by atoms with Crippen molar-refractivity contribution < 1.29 is 14.3 Å². The van der Waals surface area contributed by atoms with E-state index >= 15 is 0 Å². The van der Waals surface area contributed by atoms with Gasteiger partial charge in [-0.15, -0.1) is 5.10 Å². The number of rotatable bonds is 8. The zero-order chi connectivity index (χ0) is 18.2. The number of esters is 1. The molecule has 0 spiro atoms. The monoisotopic (exact) mass is 352 g/mol. The fourth-order valence-electron chi connectivity index (χ4n) is 2.38. The molecule has 134 valence electrons. The van der Waals surface area contributed by atoms with E-state index in [0.717, 1.165) is 12.0 Å². The molecule has 0 unspecified atom stereocenters. The van der Waals surface area contributed by atoms with Crippen LogP contribution in [0.4, 0.5) is 0 Å². The summed E-state index contributed by atoms with van der Waals surface area (Å²) in [6.07, 6.45) is 0.896. The third kappa shape index (κ3) is 4.66. The van der Waals surface area contributed by atoms with Crippen molar-refractivity contribution in [2.24, 2.45) is 0 Å². The van der Waals surface area contributed by atoms with Crippen LogP contribution in [0.15, 0.2) is 54.6 Å². The highest BCUT2D eigenvalue weighted by atomic mass is 16.5. The number of nitrogens with zero attached hydrogens (tertiary/aromatic N) is 4. The summed E-state index contributed by atoms with van der Waals surface area (Å²) in [5.74, 6) is 0.692. The first-order valence-electron chi connectivity index (χ1n) is 8.45. The van der Waals surface area contributed by atoms with Gasteiger partial charge in [0.25, 0.3) is 0 Å². The molecule has 0 N–H and O–H groups in total. The third-order valence-corrected chi connectivity index (χ3v) is 3.69. The van der Waals surface area contributed by atoms with Crippen molar-refractivity contribution in [3.05, 3.63) is 71.5 Å². The number of hydrogen-bond donors (Lipinski definition) is 0. The van der Waals surface area contributed by atoms with E-state index in [0.29, 0.717) is 30.3 Å². The SMILES string of the molecule is CCCn1nnnc1COC(=O)c1cccc(OCc2ccccc2)c1. The van der Waals surface area contributed by atoms with Gasteiger partial charge in [0.1, 0.15) is 12.4 Å². The minimum Gasteiger partial charge on any atom is -0.489 e. The lowest BCUT2D eigenvalue weighted by Gasteiger charge is -2.08. The van der Waals surface area contributed by atoms with Gasteiger partial charge in [0, 0.05) is 6.54 Å². The molecule has 0 atom stereocenters. The van der Waals surface area contributed by atoms with Crippen LogP contribution in [0, 0.1) is 0 Å². The molecule has 0 fully saturated rings. The van der Waals surface area contributed by atoms with Crippen molar-refractivity contribution >= 4 is 5.97 Å². The fourth-order valence-corrected chi connectivity index (χ4v) is 2.38. The average molecular weight is 352 g/mol. The van der Waals surface area contributed by atoms with Gasteiger partial charge < -0.3 is 9.47 Å². The van der Waals surface area contributed by atoms with E-state index in [4.69, 9.17) is 9.47 Å². The molecule has 3 aromatic rings. The molecule has 0 radical (unpaired) electrons. The smallest absolute Gasteiger partial charge is 0.338 e. The van der Waals surface area contributed by atoms with Gasteiger partial charge in [-0.2, -0.15) is 0 Å². The van der Waals surface area contributed by atoms with Crippen LogP contribution in [0.3, 0.4) is 0 Å². The second kappa shape index (κ2) is 8.75. The van der Waals surface area contributed by atoms with Crippen molar-refractivity contribution in [3.63, 3.8) is 0 Å². The van der Waals surface area contributed by atoms with E-state index < -0.39 is 5.97 Å². The molecule has 2 aromatic carbocycles. The third-order valence-electron chi connectivity index (χ3n) is 3.69. The van der Waals surface area contributed by atoms with Crippen LogP contribution < -0.4 is 4.74 Å². The van der Waals surface area contributed by atoms with E-state index in [-0.39, 0.29) is 6.61 Å². The second-order valence-corrected chi connectivity index (χ2v) is 5.70. The van der Waals surface area contributed by atoms with Crippen molar-refractivity contribution in [3.8, 4) is 5.75 Å². The molecule has 0 saturated heterocycles. The zero-order valence-corrected chi connectivity index (χ0v) is 14.5. The summed E-state index contributed by atoms with van der Waals surface area (Å²) in [4.78, 5) is 12.3. The molecular formula is C19H20N4O3. The highest BCUT2D eigenvalue weighted by Gasteiger charge is 2.12. The first kappa shape index (κ1) is 17.6. The van der Waals surface area contributed by atoms with Crippen LogP contribution in [-0.2, 0) is 24.5 Å². The van der Waals surface area contributed by atoms with Gasteiger partial charge in [0.15, 0.2) is 12.4 Å². The topological polar surface area (TPSA) is 79.1 Å². The maximum Gasteiger partial charge on any atom is 0.338 e. The number of carbonyl (C=O) groups is 1. The Balaban J connectivity index is 1.58. The van der Waals surface area contributed by atoms with E-state index in [1.54, 1.807) is 22.9 Å². The molecule has 0 aliphatic rings. The predicted octanol–water partition coefficient (Wildman–Crippen LogP) is 3.02. The minimum absolute atomic E-state index is 0.0287. The molecule has 0 aliphatic carbocycles. The lowest BCUT2D eigenvalue weighted by atomic mass is 10.2. The molecule has 0 aliphatic heterocycles. The van der Waals surface area contributed by atoms with Crippen molar-refractivity contribution in [2.75, 3.05) is 0 Å². The molecule has 0 amide bonds. The lowest BCUT2D eigenvalue weighted by molar-refractivity contribution is 0.0456. The highest BCUT2D eigenvalue weighted by molar-refractivity contribution is 5.89. The van der Waals surface area contributed by atoms with E-state index in [2.05, 4.69) is 15.5 Å². The summed E-state index contributed by atoms with van der Waals surface area (Å²) in [5.41, 5.74) is 1.48. The predicted molar refractivity (Wildman–Crippen MR) is 94.4 cm³/mol. The van der Waals surface area contributed by atoms with Gasteiger partial charge in [-0.1, -0.05) is 43.3 Å². The summed E-state index contributed by atoms with van der Waals surface area (Å²) < 4.78 is 12.7. The summed E-state index contributed by atoms with van der Waals surface area (Å²) in [6, 6.07) is 16.8. The van der Waals surface area contributed by atoms with Crippen molar-refractivity contribution in [1.29, 1.82) is 0 Å². The van der Waals surface area contributed by atoms with E-state index in [1.165, 1.54) is 0 Å². The Morgan fingerprint density at radius 1 is 1.08 bits per heavy atom. The molecular weight excluding hydrogens is 332 g/mol. The first-order chi connectivity index (χ1) is 12.8. The van der Waals surface area contributed by atoms with Crippen LogP contribution in [0.25, 0.3) is 0 Å². The lowest BCUT2D eigenvalue weighted by Crippen LogP contribution is -2.11. The Morgan fingerprint density at radius 3 is 2.73 bits per heavy atom. The number of ether oxygens (including phenoxy) is 2. The molecule has 1 aromatic heterocycles. The Morgan fingerprint density at radius 2 is 1.92 bits per heavy atom. The van der Waals surface area contributed by atoms with E-state index in [1.807, 2.05) is 43.3 Å². The number of aromatic nitrogens is 4. The first-order valence-corrected chi connectivity index (χ1v) is 8.45. The van der Waals surface area contributed by atoms with Gasteiger partial charge in [0.2, 0.25) is 0 Å². The quantitative estimate of drug-likeness (QED) is 0.580. The minimum atomic E-state index is -0.443. The Kier molecular flexibility index (Phi) is 5.92. The number of tetrazole rings is 1. The molecule has 7 heteroatoms. The zero-order valence-electron chi connectivity index (χ0n) is 14.5. The average Bonchev–Trinajstić information content (AvgIpc) is 3.13. The van der Waals surface area contributed by atoms with Crippen molar-refractivity contribution in [2.45, 2.75) is 33.1 Å². The van der Waals surface area contributed by atoms with Gasteiger partial charge in [-0.05, 0) is 40.6 Å². The van der Waals surface area contributed by atoms with Gasteiger partial charge >= 0.3 is 5.97 Å². The maximum atomic E-state index is 12.3. The van der Waals surface area contributed by atoms with Gasteiger partial charge in [-0.25, -0.2) is 9.48 Å². The Hall–Kier alpha value is -3.22. The number of benzene rings is 2. The van der Waals surface area contributed by atoms with Crippen LogP contribution in [0.2, 0.25) is 0 Å². The van der Waals surface area contributed by atoms with Gasteiger partial charge in [0.05, 0.1) is 5.56 Å². The largest absolute Gasteiger partial charge is 0.489 e. The van der Waals surface area contributed by atoms with Crippen LogP contribution in [0.5, 0.6) is 5.75 Å². The summed E-state index contributed by atoms with van der Waals surface area (Å²) in [6.45, 7) is 3.17. The number of hydrogen-bond acceptors (Lipinski definition) is 6. The summed E-state index contributed by atoms with van der Waals surface area (Å²) >= 11 is 0. The molecule has 26 heavy (non-hydrogen) atoms. The summed E-state index contributed by atoms with van der Waals surface area (Å²) in [7, 11) is 0. The molecule has 1 heterocycles. The Bertz CT molecular complexity index is 849. The fraction of sp³-hybridized carbons (Fsp3) is 0.263. The van der Waals surface area contributed by atoms with Crippen LogP contribution in [0.1, 0.15) is 35.1 Å². The van der Waals surface area contributed by atoms with Gasteiger partial charge in [-0.3, -0.25) is 0 Å². The number of carbonyl (C=O) groups excluding carboxylic acids is 1. The van der Waals surface area contributed by atoms with Crippen molar-refractivity contribution in [1.82, 2.24) is 20.2 Å². The van der Waals surface area contributed by atoms with Crippen LogP contribution in [-0.4, -0.2) is 26.2 Å².